The highest BCUT2D eigenvalue weighted by Gasteiger charge is 2.19. The molecule has 1 heterocycles. The lowest BCUT2D eigenvalue weighted by Crippen LogP contribution is -2.21. The van der Waals surface area contributed by atoms with Crippen LogP contribution in [-0.2, 0) is 7.05 Å². The predicted molar refractivity (Wildman–Crippen MR) is 83.1 cm³/mol. The zero-order valence-electron chi connectivity index (χ0n) is 11.5. The van der Waals surface area contributed by atoms with Crippen LogP contribution in [0.5, 0.6) is 0 Å². The maximum Gasteiger partial charge on any atom is 0.0837 e. The molecule has 1 atom stereocenters. The highest BCUT2D eigenvalue weighted by molar-refractivity contribution is 6.31. The molecule has 0 bridgehead atoms. The van der Waals surface area contributed by atoms with Crippen molar-refractivity contribution in [1.82, 2.24) is 15.1 Å². The Labute approximate surface area is 123 Å². The molecule has 4 heteroatoms. The minimum atomic E-state index is 0.0274. The fourth-order valence-corrected chi connectivity index (χ4v) is 2.87. The summed E-state index contributed by atoms with van der Waals surface area (Å²) in [6.07, 6.45) is 1.68. The molecule has 20 heavy (non-hydrogen) atoms. The molecule has 0 saturated heterocycles. The van der Waals surface area contributed by atoms with Crippen LogP contribution in [0.2, 0.25) is 5.02 Å². The Morgan fingerprint density at radius 2 is 1.90 bits per heavy atom. The van der Waals surface area contributed by atoms with Crippen LogP contribution in [0.4, 0.5) is 0 Å². The van der Waals surface area contributed by atoms with Gasteiger partial charge in [-0.2, -0.15) is 5.10 Å². The third-order valence-electron chi connectivity index (χ3n) is 3.61. The van der Waals surface area contributed by atoms with E-state index >= 15 is 0 Å². The van der Waals surface area contributed by atoms with E-state index in [4.69, 9.17) is 11.6 Å². The number of fused-ring (bicyclic) bond motifs is 1. The Kier molecular flexibility index (Phi) is 3.47. The SMILES string of the molecule is CNC(c1ccc2ccccc2c1)c1c(Cl)cnn1C. The van der Waals surface area contributed by atoms with Crippen LogP contribution < -0.4 is 5.32 Å². The van der Waals surface area contributed by atoms with Crippen LogP contribution >= 0.6 is 11.6 Å². The number of aryl methyl sites for hydroxylation is 1. The first-order chi connectivity index (χ1) is 9.70. The molecule has 1 unspecified atom stereocenters. The maximum absolute atomic E-state index is 6.26. The van der Waals surface area contributed by atoms with Crippen molar-refractivity contribution in [1.29, 1.82) is 0 Å². The lowest BCUT2D eigenvalue weighted by atomic mass is 10.00. The molecule has 3 rings (SSSR count). The van der Waals surface area contributed by atoms with Crippen molar-refractivity contribution >= 4 is 22.4 Å². The van der Waals surface area contributed by atoms with Gasteiger partial charge in [-0.3, -0.25) is 4.68 Å². The fraction of sp³-hybridized carbons (Fsp3) is 0.188. The summed E-state index contributed by atoms with van der Waals surface area (Å²) >= 11 is 6.26. The average molecular weight is 286 g/mol. The number of rotatable bonds is 3. The summed E-state index contributed by atoms with van der Waals surface area (Å²) in [4.78, 5) is 0. The first kappa shape index (κ1) is 13.2. The number of nitrogens with zero attached hydrogens (tertiary/aromatic N) is 2. The largest absolute Gasteiger partial charge is 0.308 e. The van der Waals surface area contributed by atoms with Crippen LogP contribution in [-0.4, -0.2) is 16.8 Å². The fourth-order valence-electron chi connectivity index (χ4n) is 2.59. The second-order valence-electron chi connectivity index (χ2n) is 4.83. The molecule has 3 nitrogen and oxygen atoms in total. The number of benzene rings is 2. The molecular formula is C16H16ClN3. The van der Waals surface area contributed by atoms with Crippen molar-refractivity contribution in [3.8, 4) is 0 Å². The van der Waals surface area contributed by atoms with Gasteiger partial charge in [-0.05, 0) is 29.4 Å². The van der Waals surface area contributed by atoms with E-state index in [1.807, 2.05) is 18.8 Å². The Balaban J connectivity index is 2.12. The molecule has 0 radical (unpaired) electrons. The van der Waals surface area contributed by atoms with Crippen molar-refractivity contribution in [3.05, 3.63) is 64.9 Å². The summed E-state index contributed by atoms with van der Waals surface area (Å²) in [6.45, 7) is 0. The zero-order chi connectivity index (χ0) is 14.1. The summed E-state index contributed by atoms with van der Waals surface area (Å²) in [5.74, 6) is 0. The lowest BCUT2D eigenvalue weighted by Gasteiger charge is -2.18. The molecule has 0 aliphatic rings. The van der Waals surface area contributed by atoms with E-state index in [2.05, 4.69) is 52.9 Å². The quantitative estimate of drug-likeness (QED) is 0.798. The van der Waals surface area contributed by atoms with Crippen LogP contribution in [0.3, 0.4) is 0 Å². The van der Waals surface area contributed by atoms with E-state index in [1.54, 1.807) is 6.20 Å². The van der Waals surface area contributed by atoms with Gasteiger partial charge in [0.05, 0.1) is 23.0 Å². The predicted octanol–water partition coefficient (Wildman–Crippen LogP) is 3.54. The summed E-state index contributed by atoms with van der Waals surface area (Å²) in [5, 5.41) is 10.7. The van der Waals surface area contributed by atoms with Gasteiger partial charge in [0.1, 0.15) is 0 Å². The van der Waals surface area contributed by atoms with E-state index in [0.29, 0.717) is 5.02 Å². The van der Waals surface area contributed by atoms with Crippen molar-refractivity contribution in [3.63, 3.8) is 0 Å². The molecule has 0 aliphatic carbocycles. The van der Waals surface area contributed by atoms with Gasteiger partial charge in [-0.15, -0.1) is 0 Å². The third kappa shape index (κ3) is 2.19. The Morgan fingerprint density at radius 1 is 1.15 bits per heavy atom. The smallest absolute Gasteiger partial charge is 0.0837 e. The Bertz CT molecular complexity index is 729. The second-order valence-corrected chi connectivity index (χ2v) is 5.24. The van der Waals surface area contributed by atoms with Crippen LogP contribution in [0.1, 0.15) is 17.3 Å². The first-order valence-electron chi connectivity index (χ1n) is 6.54. The van der Waals surface area contributed by atoms with Gasteiger partial charge in [-0.1, -0.05) is 48.0 Å². The molecule has 1 N–H and O–H groups in total. The molecule has 0 aliphatic heterocycles. The number of hydrogen-bond donors (Lipinski definition) is 1. The minimum absolute atomic E-state index is 0.0274. The van der Waals surface area contributed by atoms with Crippen molar-refractivity contribution in [2.24, 2.45) is 7.05 Å². The van der Waals surface area contributed by atoms with E-state index in [9.17, 15) is 0 Å². The van der Waals surface area contributed by atoms with E-state index < -0.39 is 0 Å². The van der Waals surface area contributed by atoms with Crippen LogP contribution in [0, 0.1) is 0 Å². The van der Waals surface area contributed by atoms with E-state index in [-0.39, 0.29) is 6.04 Å². The highest BCUT2D eigenvalue weighted by atomic mass is 35.5. The van der Waals surface area contributed by atoms with Gasteiger partial charge < -0.3 is 5.32 Å². The average Bonchev–Trinajstić information content (AvgIpc) is 2.80. The number of aromatic nitrogens is 2. The van der Waals surface area contributed by atoms with Crippen LogP contribution in [0.25, 0.3) is 10.8 Å². The van der Waals surface area contributed by atoms with Crippen molar-refractivity contribution in [2.75, 3.05) is 7.05 Å². The second kappa shape index (κ2) is 5.27. The molecule has 0 saturated carbocycles. The van der Waals surface area contributed by atoms with Crippen molar-refractivity contribution in [2.45, 2.75) is 6.04 Å². The van der Waals surface area contributed by atoms with Gasteiger partial charge in [0, 0.05) is 7.05 Å². The van der Waals surface area contributed by atoms with Gasteiger partial charge in [0.2, 0.25) is 0 Å². The van der Waals surface area contributed by atoms with E-state index in [0.717, 1.165) is 5.69 Å². The highest BCUT2D eigenvalue weighted by Crippen LogP contribution is 2.29. The van der Waals surface area contributed by atoms with Gasteiger partial charge >= 0.3 is 0 Å². The van der Waals surface area contributed by atoms with Crippen LogP contribution in [0.15, 0.2) is 48.7 Å². The number of nitrogens with one attached hydrogen (secondary N) is 1. The molecule has 3 aromatic rings. The molecular weight excluding hydrogens is 270 g/mol. The molecule has 1 aromatic heterocycles. The molecule has 2 aromatic carbocycles. The minimum Gasteiger partial charge on any atom is -0.308 e. The van der Waals surface area contributed by atoms with Gasteiger partial charge in [0.25, 0.3) is 0 Å². The van der Waals surface area contributed by atoms with E-state index in [1.165, 1.54) is 16.3 Å². The number of halogens is 1. The first-order valence-corrected chi connectivity index (χ1v) is 6.92. The lowest BCUT2D eigenvalue weighted by molar-refractivity contribution is 0.607. The standard InChI is InChI=1S/C16H16ClN3/c1-18-15(16-14(17)10-19-20(16)2)13-8-7-11-5-3-4-6-12(11)9-13/h3-10,15,18H,1-2H3. The summed E-state index contributed by atoms with van der Waals surface area (Å²) < 4.78 is 1.82. The normalized spacial score (nSPS) is 12.8. The third-order valence-corrected chi connectivity index (χ3v) is 3.90. The molecule has 0 spiro atoms. The number of hydrogen-bond acceptors (Lipinski definition) is 2. The maximum atomic E-state index is 6.26. The van der Waals surface area contributed by atoms with Gasteiger partial charge in [0.15, 0.2) is 0 Å². The summed E-state index contributed by atoms with van der Waals surface area (Å²) in [5.41, 5.74) is 2.15. The molecule has 102 valence electrons. The molecule has 0 fully saturated rings. The monoisotopic (exact) mass is 285 g/mol. The van der Waals surface area contributed by atoms with Gasteiger partial charge in [-0.25, -0.2) is 0 Å². The topological polar surface area (TPSA) is 29.9 Å². The van der Waals surface area contributed by atoms with Crippen molar-refractivity contribution < 1.29 is 0 Å². The Hall–Kier alpha value is -1.84. The Morgan fingerprint density at radius 3 is 2.55 bits per heavy atom. The molecule has 0 amide bonds. The summed E-state index contributed by atoms with van der Waals surface area (Å²) in [7, 11) is 3.84. The summed E-state index contributed by atoms with van der Waals surface area (Å²) in [6, 6.07) is 14.8. The zero-order valence-corrected chi connectivity index (χ0v) is 12.2.